The quantitative estimate of drug-likeness (QED) is 0.678. The lowest BCUT2D eigenvalue weighted by molar-refractivity contribution is 0.0277. The molecule has 1 atom stereocenters. The Bertz CT molecular complexity index is 292. The SMILES string of the molecule is [2H]C1([2H])CO[C@H](c2ccccc2)CN1. The van der Waals surface area contributed by atoms with E-state index in [1.807, 2.05) is 30.3 Å². The molecule has 1 aliphatic heterocycles. The smallest absolute Gasteiger partial charge is 0.0949 e. The lowest BCUT2D eigenvalue weighted by atomic mass is 10.1. The van der Waals surface area contributed by atoms with Crippen molar-refractivity contribution < 1.29 is 7.48 Å². The van der Waals surface area contributed by atoms with Crippen LogP contribution in [0.2, 0.25) is 0 Å². The molecule has 12 heavy (non-hydrogen) atoms. The molecule has 0 aliphatic carbocycles. The van der Waals surface area contributed by atoms with Gasteiger partial charge in [0.1, 0.15) is 0 Å². The minimum Gasteiger partial charge on any atom is -0.371 e. The fourth-order valence-electron chi connectivity index (χ4n) is 1.30. The zero-order valence-electron chi connectivity index (χ0n) is 8.79. The molecule has 2 heteroatoms. The van der Waals surface area contributed by atoms with Crippen LogP contribution in [0.4, 0.5) is 0 Å². The van der Waals surface area contributed by atoms with Gasteiger partial charge in [-0.05, 0) is 5.56 Å². The van der Waals surface area contributed by atoms with Gasteiger partial charge in [-0.25, -0.2) is 0 Å². The van der Waals surface area contributed by atoms with Gasteiger partial charge in [-0.2, -0.15) is 0 Å². The molecule has 0 unspecified atom stereocenters. The van der Waals surface area contributed by atoms with Crippen LogP contribution in [0.15, 0.2) is 30.3 Å². The molecule has 1 aromatic rings. The van der Waals surface area contributed by atoms with Crippen molar-refractivity contribution in [1.29, 1.82) is 0 Å². The number of morpholine rings is 1. The molecule has 0 bridgehead atoms. The number of hydrogen-bond acceptors (Lipinski definition) is 2. The van der Waals surface area contributed by atoms with Crippen molar-refractivity contribution in [2.45, 2.75) is 6.10 Å². The van der Waals surface area contributed by atoms with Crippen molar-refractivity contribution in [3.8, 4) is 0 Å². The Hall–Kier alpha value is -0.860. The van der Waals surface area contributed by atoms with Crippen molar-refractivity contribution in [3.63, 3.8) is 0 Å². The van der Waals surface area contributed by atoms with Gasteiger partial charge >= 0.3 is 0 Å². The summed E-state index contributed by atoms with van der Waals surface area (Å²) in [7, 11) is 0. The van der Waals surface area contributed by atoms with Crippen molar-refractivity contribution in [1.82, 2.24) is 5.32 Å². The van der Waals surface area contributed by atoms with Gasteiger partial charge in [0.05, 0.1) is 12.7 Å². The van der Waals surface area contributed by atoms with Crippen molar-refractivity contribution in [2.75, 3.05) is 19.6 Å². The highest BCUT2D eigenvalue weighted by Gasteiger charge is 2.14. The van der Waals surface area contributed by atoms with E-state index in [9.17, 15) is 0 Å². The predicted octanol–water partition coefficient (Wildman–Crippen LogP) is 1.35. The Labute approximate surface area is 75.4 Å². The third-order valence-corrected chi connectivity index (χ3v) is 1.94. The highest BCUT2D eigenvalue weighted by Crippen LogP contribution is 2.17. The van der Waals surface area contributed by atoms with E-state index in [2.05, 4.69) is 5.32 Å². The number of ether oxygens (including phenoxy) is 1. The highest BCUT2D eigenvalue weighted by atomic mass is 16.5. The maximum Gasteiger partial charge on any atom is 0.0949 e. The van der Waals surface area contributed by atoms with Crippen LogP contribution in [-0.4, -0.2) is 19.6 Å². The summed E-state index contributed by atoms with van der Waals surface area (Å²) in [6, 6.07) is 9.86. The van der Waals surface area contributed by atoms with Crippen LogP contribution in [-0.2, 0) is 4.74 Å². The van der Waals surface area contributed by atoms with Gasteiger partial charge in [0.15, 0.2) is 0 Å². The molecule has 1 saturated heterocycles. The van der Waals surface area contributed by atoms with E-state index < -0.39 is 6.50 Å². The van der Waals surface area contributed by atoms with Crippen LogP contribution < -0.4 is 5.32 Å². The first kappa shape index (κ1) is 5.73. The van der Waals surface area contributed by atoms with E-state index in [0.717, 1.165) is 5.56 Å². The molecule has 64 valence electrons. The molecule has 1 heterocycles. The fraction of sp³-hybridized carbons (Fsp3) is 0.400. The Morgan fingerprint density at radius 3 is 2.92 bits per heavy atom. The minimum atomic E-state index is -1.38. The molecule has 2 rings (SSSR count). The molecule has 0 saturated carbocycles. The Kier molecular flexibility index (Phi) is 1.76. The summed E-state index contributed by atoms with van der Waals surface area (Å²) >= 11 is 0. The molecular formula is C10H13NO. The minimum absolute atomic E-state index is 0.0278. The first-order valence-corrected chi connectivity index (χ1v) is 4.09. The lowest BCUT2D eigenvalue weighted by Gasteiger charge is -2.23. The molecule has 0 spiro atoms. The summed E-state index contributed by atoms with van der Waals surface area (Å²) in [4.78, 5) is 0. The van der Waals surface area contributed by atoms with Crippen LogP contribution >= 0.6 is 0 Å². The highest BCUT2D eigenvalue weighted by molar-refractivity contribution is 5.18. The van der Waals surface area contributed by atoms with Gasteiger partial charge in [0, 0.05) is 15.8 Å². The monoisotopic (exact) mass is 165 g/mol. The van der Waals surface area contributed by atoms with E-state index >= 15 is 0 Å². The predicted molar refractivity (Wildman–Crippen MR) is 48.0 cm³/mol. The Morgan fingerprint density at radius 1 is 1.42 bits per heavy atom. The molecule has 0 radical (unpaired) electrons. The molecular weight excluding hydrogens is 150 g/mol. The molecule has 0 amide bonds. The van der Waals surface area contributed by atoms with E-state index in [1.165, 1.54) is 0 Å². The topological polar surface area (TPSA) is 21.3 Å². The van der Waals surface area contributed by atoms with E-state index in [0.29, 0.717) is 6.54 Å². The Balaban J connectivity index is 2.03. The largest absolute Gasteiger partial charge is 0.371 e. The zero-order valence-corrected chi connectivity index (χ0v) is 6.79. The summed E-state index contributed by atoms with van der Waals surface area (Å²) in [6.45, 7) is -0.755. The van der Waals surface area contributed by atoms with Gasteiger partial charge < -0.3 is 10.1 Å². The molecule has 2 nitrogen and oxygen atoms in total. The maximum atomic E-state index is 7.41. The molecule has 1 aliphatic rings. The standard InChI is InChI=1S/C10H13NO/c1-2-4-9(5-3-1)10-8-11-6-7-12-10/h1-5,10-11H,6-8H2/t10-/m0/s1/i6D2. The van der Waals surface area contributed by atoms with Crippen LogP contribution in [0.25, 0.3) is 0 Å². The summed E-state index contributed by atoms with van der Waals surface area (Å²) in [5.74, 6) is 0. The van der Waals surface area contributed by atoms with E-state index in [1.54, 1.807) is 0 Å². The van der Waals surface area contributed by atoms with Crippen molar-refractivity contribution in [3.05, 3.63) is 35.9 Å². The number of benzene rings is 1. The van der Waals surface area contributed by atoms with Gasteiger partial charge in [0.25, 0.3) is 0 Å². The number of hydrogen-bond donors (Lipinski definition) is 1. The van der Waals surface area contributed by atoms with Gasteiger partial charge in [0.2, 0.25) is 0 Å². The average molecular weight is 165 g/mol. The first-order chi connectivity index (χ1) is 6.67. The van der Waals surface area contributed by atoms with Crippen LogP contribution in [0.5, 0.6) is 0 Å². The van der Waals surface area contributed by atoms with Crippen LogP contribution in [0.3, 0.4) is 0 Å². The summed E-state index contributed by atoms with van der Waals surface area (Å²) in [5.41, 5.74) is 1.09. The Morgan fingerprint density at radius 2 is 2.25 bits per heavy atom. The maximum absolute atomic E-state index is 7.41. The van der Waals surface area contributed by atoms with E-state index in [4.69, 9.17) is 7.48 Å². The third kappa shape index (κ3) is 1.65. The molecule has 0 aromatic heterocycles. The normalized spacial score (nSPS) is 30.5. The zero-order chi connectivity index (χ0) is 10.0. The van der Waals surface area contributed by atoms with Crippen LogP contribution in [0.1, 0.15) is 14.4 Å². The summed E-state index contributed by atoms with van der Waals surface area (Å²) in [6.07, 6.45) is -0.0278. The van der Waals surface area contributed by atoms with Gasteiger partial charge in [-0.1, -0.05) is 30.3 Å². The van der Waals surface area contributed by atoms with Crippen molar-refractivity contribution >= 4 is 0 Å². The second-order valence-corrected chi connectivity index (χ2v) is 2.77. The fourth-order valence-corrected chi connectivity index (χ4v) is 1.30. The van der Waals surface area contributed by atoms with Gasteiger partial charge in [-0.3, -0.25) is 0 Å². The molecule has 1 aromatic carbocycles. The van der Waals surface area contributed by atoms with Crippen molar-refractivity contribution in [2.24, 2.45) is 0 Å². The molecule has 1 N–H and O–H groups in total. The van der Waals surface area contributed by atoms with Gasteiger partial charge in [-0.15, -0.1) is 0 Å². The van der Waals surface area contributed by atoms with Crippen LogP contribution in [0, 0.1) is 0 Å². The first-order valence-electron chi connectivity index (χ1n) is 5.09. The summed E-state index contributed by atoms with van der Waals surface area (Å²) in [5, 5.41) is 2.82. The lowest BCUT2D eigenvalue weighted by Crippen LogP contribution is -2.33. The average Bonchev–Trinajstić information content (AvgIpc) is 2.19. The second-order valence-electron chi connectivity index (χ2n) is 2.77. The van der Waals surface area contributed by atoms with E-state index in [-0.39, 0.29) is 12.7 Å². The number of nitrogens with one attached hydrogen (secondary N) is 1. The summed E-state index contributed by atoms with van der Waals surface area (Å²) < 4.78 is 20.3. The third-order valence-electron chi connectivity index (χ3n) is 1.94. The second kappa shape index (κ2) is 3.70. The number of rotatable bonds is 1. The molecule has 1 fully saturated rings.